The molecule has 0 bridgehead atoms. The predicted octanol–water partition coefficient (Wildman–Crippen LogP) is 7.01. The van der Waals surface area contributed by atoms with Gasteiger partial charge in [-0.05, 0) is 66.1 Å². The molecule has 2 amide bonds. The fourth-order valence-corrected chi connectivity index (χ4v) is 6.64. The lowest BCUT2D eigenvalue weighted by molar-refractivity contribution is -0.140. The second kappa shape index (κ2) is 15.4. The predicted molar refractivity (Wildman–Crippen MR) is 177 cm³/mol. The highest BCUT2D eigenvalue weighted by atomic mass is 35.5. The Morgan fingerprint density at radius 3 is 2.05 bits per heavy atom. The fourth-order valence-electron chi connectivity index (χ4n) is 4.61. The molecule has 11 heteroatoms. The molecule has 0 saturated carbocycles. The van der Waals surface area contributed by atoms with Crippen LogP contribution in [0.4, 0.5) is 5.69 Å². The summed E-state index contributed by atoms with van der Waals surface area (Å²) in [7, 11) is -4.20. The Hall–Kier alpha value is -3.56. The molecule has 1 atom stereocenters. The van der Waals surface area contributed by atoms with Gasteiger partial charge in [-0.1, -0.05) is 96.3 Å². The van der Waals surface area contributed by atoms with E-state index in [1.54, 1.807) is 48.5 Å². The van der Waals surface area contributed by atoms with E-state index in [1.165, 1.54) is 29.2 Å². The van der Waals surface area contributed by atoms with Gasteiger partial charge in [0, 0.05) is 34.6 Å². The summed E-state index contributed by atoms with van der Waals surface area (Å²) >= 11 is 18.8. The lowest BCUT2D eigenvalue weighted by Gasteiger charge is -2.34. The first-order chi connectivity index (χ1) is 21.1. The lowest BCUT2D eigenvalue weighted by Crippen LogP contribution is -2.53. The topological polar surface area (TPSA) is 86.8 Å². The summed E-state index contributed by atoms with van der Waals surface area (Å²) in [5.74, 6) is -0.962. The standard InChI is InChI=1S/C33H32Cl3N3O4S/c1-2-19-37-33(41)31(20-24-9-5-3-6-10-24)38(22-25-13-14-27(35)21-30(25)36)32(40)23-39(28-17-15-26(34)16-18-28)44(42,43)29-11-7-4-8-12-29/h3-18,21,31H,2,19-20,22-23H2,1H3,(H,37,41)/t31-/m1/s1. The van der Waals surface area contributed by atoms with E-state index in [-0.39, 0.29) is 29.5 Å². The first-order valence-electron chi connectivity index (χ1n) is 14.0. The molecule has 7 nitrogen and oxygen atoms in total. The summed E-state index contributed by atoms with van der Waals surface area (Å²) in [4.78, 5) is 29.5. The molecule has 4 rings (SSSR count). The number of amides is 2. The number of hydrogen-bond donors (Lipinski definition) is 1. The van der Waals surface area contributed by atoms with Crippen LogP contribution in [-0.2, 0) is 32.6 Å². The molecule has 0 aliphatic heterocycles. The highest BCUT2D eigenvalue weighted by Crippen LogP contribution is 2.28. The van der Waals surface area contributed by atoms with Crippen LogP contribution in [0.3, 0.4) is 0 Å². The van der Waals surface area contributed by atoms with Crippen molar-refractivity contribution in [2.24, 2.45) is 0 Å². The molecule has 0 aliphatic carbocycles. The average molecular weight is 673 g/mol. The minimum Gasteiger partial charge on any atom is -0.354 e. The van der Waals surface area contributed by atoms with Gasteiger partial charge < -0.3 is 10.2 Å². The Morgan fingerprint density at radius 1 is 0.818 bits per heavy atom. The summed E-state index contributed by atoms with van der Waals surface area (Å²) in [6, 6.07) is 27.3. The molecule has 0 heterocycles. The van der Waals surface area contributed by atoms with Crippen molar-refractivity contribution in [3.63, 3.8) is 0 Å². The van der Waals surface area contributed by atoms with Gasteiger partial charge in [0.1, 0.15) is 12.6 Å². The molecule has 0 spiro atoms. The summed E-state index contributed by atoms with van der Waals surface area (Å²) in [5, 5.41) is 4.05. The number of carbonyl (C=O) groups is 2. The molecule has 4 aromatic carbocycles. The van der Waals surface area contributed by atoms with Crippen molar-refractivity contribution >= 4 is 62.3 Å². The molecule has 230 valence electrons. The monoisotopic (exact) mass is 671 g/mol. The molecule has 0 radical (unpaired) electrons. The first kappa shape index (κ1) is 33.3. The third-order valence-corrected chi connectivity index (χ3v) is 9.53. The van der Waals surface area contributed by atoms with Crippen LogP contribution in [0.2, 0.25) is 15.1 Å². The second-order valence-corrected chi connectivity index (χ2v) is 13.2. The number of hydrogen-bond acceptors (Lipinski definition) is 4. The number of sulfonamides is 1. The van der Waals surface area contributed by atoms with Crippen molar-refractivity contribution in [1.82, 2.24) is 10.2 Å². The molecule has 0 fully saturated rings. The lowest BCUT2D eigenvalue weighted by atomic mass is 10.0. The highest BCUT2D eigenvalue weighted by molar-refractivity contribution is 7.92. The molecule has 4 aromatic rings. The molecule has 1 N–H and O–H groups in total. The van der Waals surface area contributed by atoms with Gasteiger partial charge in [0.25, 0.3) is 10.0 Å². The fraction of sp³-hybridized carbons (Fsp3) is 0.212. The van der Waals surface area contributed by atoms with Gasteiger partial charge in [0.15, 0.2) is 0 Å². The first-order valence-corrected chi connectivity index (χ1v) is 16.6. The van der Waals surface area contributed by atoms with Gasteiger partial charge in [0.05, 0.1) is 10.6 Å². The Bertz CT molecular complexity index is 1670. The van der Waals surface area contributed by atoms with Crippen molar-refractivity contribution in [2.45, 2.75) is 37.2 Å². The smallest absolute Gasteiger partial charge is 0.264 e. The van der Waals surface area contributed by atoms with Gasteiger partial charge in [-0.2, -0.15) is 0 Å². The van der Waals surface area contributed by atoms with Crippen LogP contribution in [0, 0.1) is 0 Å². The van der Waals surface area contributed by atoms with Gasteiger partial charge >= 0.3 is 0 Å². The van der Waals surface area contributed by atoms with Crippen molar-refractivity contribution in [1.29, 1.82) is 0 Å². The molecule has 44 heavy (non-hydrogen) atoms. The van der Waals surface area contributed by atoms with E-state index in [2.05, 4.69) is 5.32 Å². The van der Waals surface area contributed by atoms with E-state index >= 15 is 0 Å². The van der Waals surface area contributed by atoms with Crippen molar-refractivity contribution in [3.05, 3.63) is 129 Å². The number of benzene rings is 4. The summed E-state index contributed by atoms with van der Waals surface area (Å²) < 4.78 is 29.0. The van der Waals surface area contributed by atoms with Gasteiger partial charge in [-0.15, -0.1) is 0 Å². The van der Waals surface area contributed by atoms with Gasteiger partial charge in [0.2, 0.25) is 11.8 Å². The second-order valence-electron chi connectivity index (χ2n) is 10.1. The van der Waals surface area contributed by atoms with Gasteiger partial charge in [-0.3, -0.25) is 13.9 Å². The van der Waals surface area contributed by atoms with Gasteiger partial charge in [-0.25, -0.2) is 8.42 Å². The summed E-state index contributed by atoms with van der Waals surface area (Å²) in [6.45, 7) is 1.69. The minimum absolute atomic E-state index is 0.0107. The maximum atomic E-state index is 14.4. The molecular formula is C33H32Cl3N3O4S. The molecule has 0 aromatic heterocycles. The number of carbonyl (C=O) groups excluding carboxylic acids is 2. The van der Waals surface area contributed by atoms with E-state index in [4.69, 9.17) is 34.8 Å². The van der Waals surface area contributed by atoms with Crippen LogP contribution in [0.25, 0.3) is 0 Å². The minimum atomic E-state index is -4.20. The van der Waals surface area contributed by atoms with E-state index in [0.29, 0.717) is 33.6 Å². The van der Waals surface area contributed by atoms with Crippen molar-refractivity contribution < 1.29 is 18.0 Å². The zero-order chi connectivity index (χ0) is 31.7. The molecule has 0 aliphatic rings. The van der Waals surface area contributed by atoms with E-state index in [9.17, 15) is 18.0 Å². The Balaban J connectivity index is 1.80. The van der Waals surface area contributed by atoms with Crippen LogP contribution in [0.5, 0.6) is 0 Å². The number of halogens is 3. The number of rotatable bonds is 13. The van der Waals surface area contributed by atoms with Crippen LogP contribution in [0.15, 0.2) is 108 Å². The zero-order valence-corrected chi connectivity index (χ0v) is 27.1. The van der Waals surface area contributed by atoms with E-state index in [0.717, 1.165) is 9.87 Å². The van der Waals surface area contributed by atoms with E-state index < -0.39 is 28.5 Å². The normalized spacial score (nSPS) is 11.9. The molecule has 0 unspecified atom stereocenters. The van der Waals surface area contributed by atoms with Crippen LogP contribution in [0.1, 0.15) is 24.5 Å². The van der Waals surface area contributed by atoms with Crippen molar-refractivity contribution in [3.8, 4) is 0 Å². The summed E-state index contributed by atoms with van der Waals surface area (Å²) in [5.41, 5.74) is 1.62. The average Bonchev–Trinajstić information content (AvgIpc) is 3.02. The Kier molecular flexibility index (Phi) is 11.7. The van der Waals surface area contributed by atoms with Crippen LogP contribution in [-0.4, -0.2) is 44.3 Å². The number of nitrogens with one attached hydrogen (secondary N) is 1. The Morgan fingerprint density at radius 2 is 1.43 bits per heavy atom. The number of nitrogens with zero attached hydrogens (tertiary/aromatic N) is 2. The largest absolute Gasteiger partial charge is 0.354 e. The molecular weight excluding hydrogens is 641 g/mol. The maximum Gasteiger partial charge on any atom is 0.264 e. The SMILES string of the molecule is CCCNC(=O)[C@@H](Cc1ccccc1)N(Cc1ccc(Cl)cc1Cl)C(=O)CN(c1ccc(Cl)cc1)S(=O)(=O)c1ccccc1. The maximum absolute atomic E-state index is 14.4. The zero-order valence-electron chi connectivity index (χ0n) is 24.0. The third kappa shape index (κ3) is 8.54. The molecule has 0 saturated heterocycles. The third-order valence-electron chi connectivity index (χ3n) is 6.90. The summed E-state index contributed by atoms with van der Waals surface area (Å²) in [6.07, 6.45) is 0.889. The van der Waals surface area contributed by atoms with E-state index in [1.807, 2.05) is 37.3 Å². The Labute approximate surface area is 273 Å². The highest BCUT2D eigenvalue weighted by Gasteiger charge is 2.34. The van der Waals surface area contributed by atoms with Crippen LogP contribution >= 0.6 is 34.8 Å². The quantitative estimate of drug-likeness (QED) is 0.166. The number of anilines is 1. The van der Waals surface area contributed by atoms with Crippen LogP contribution < -0.4 is 9.62 Å². The van der Waals surface area contributed by atoms with Crippen molar-refractivity contribution in [2.75, 3.05) is 17.4 Å².